The lowest BCUT2D eigenvalue weighted by atomic mass is 10.1. The molecule has 0 unspecified atom stereocenters. The van der Waals surface area contributed by atoms with Gasteiger partial charge in [-0.15, -0.1) is 12.4 Å². The Labute approximate surface area is 159 Å². The lowest BCUT2D eigenvalue weighted by Crippen LogP contribution is -2.45. The molecule has 1 aliphatic rings. The van der Waals surface area contributed by atoms with Crippen LogP contribution in [0.5, 0.6) is 5.75 Å². The summed E-state index contributed by atoms with van der Waals surface area (Å²) in [5.74, 6) is -0.389. The fourth-order valence-corrected chi connectivity index (χ4v) is 4.38. The number of carbonyl (C=O) groups is 1. The molecule has 1 atom stereocenters. The van der Waals surface area contributed by atoms with Crippen molar-refractivity contribution in [1.82, 2.24) is 14.9 Å². The summed E-state index contributed by atoms with van der Waals surface area (Å²) in [6.45, 7) is 1.44. The maximum absolute atomic E-state index is 12.8. The largest absolute Gasteiger partial charge is 0.494 e. The lowest BCUT2D eigenvalue weighted by molar-refractivity contribution is 0.0824. The van der Waals surface area contributed by atoms with Crippen LogP contribution in [0.4, 0.5) is 0 Å². The molecule has 1 saturated heterocycles. The van der Waals surface area contributed by atoms with Crippen molar-refractivity contribution in [2.24, 2.45) is 0 Å². The van der Waals surface area contributed by atoms with Gasteiger partial charge in [0, 0.05) is 31.7 Å². The number of rotatable bonds is 5. The van der Waals surface area contributed by atoms with Crippen molar-refractivity contribution >= 4 is 39.9 Å². The predicted molar refractivity (Wildman–Crippen MR) is 99.5 cm³/mol. The predicted octanol–water partition coefficient (Wildman–Crippen LogP) is 1.50. The molecule has 0 bridgehead atoms. The van der Waals surface area contributed by atoms with E-state index in [2.05, 4.69) is 10.0 Å². The van der Waals surface area contributed by atoms with E-state index in [4.69, 9.17) is 16.3 Å². The highest BCUT2D eigenvalue weighted by Gasteiger charge is 2.29. The Bertz CT molecular complexity index is 720. The van der Waals surface area contributed by atoms with Gasteiger partial charge in [-0.1, -0.05) is 11.6 Å². The number of halogens is 2. The molecule has 1 aromatic rings. The molecule has 2 N–H and O–H groups in total. The van der Waals surface area contributed by atoms with Gasteiger partial charge in [0.1, 0.15) is 4.90 Å². The van der Waals surface area contributed by atoms with Crippen LogP contribution in [0, 0.1) is 0 Å². The number of nitrogens with zero attached hydrogens (tertiary/aromatic N) is 1. The Balaban J connectivity index is 0.00000312. The summed E-state index contributed by atoms with van der Waals surface area (Å²) in [6, 6.07) is 2.50. The monoisotopic (exact) mass is 411 g/mol. The molecule has 7 nitrogen and oxygen atoms in total. The average Bonchev–Trinajstić information content (AvgIpc) is 2.53. The van der Waals surface area contributed by atoms with Gasteiger partial charge in [-0.05, 0) is 31.5 Å². The van der Waals surface area contributed by atoms with Gasteiger partial charge in [-0.25, -0.2) is 13.1 Å². The van der Waals surface area contributed by atoms with Gasteiger partial charge in [-0.3, -0.25) is 4.79 Å². The molecule has 0 saturated carbocycles. The minimum atomic E-state index is -3.88. The number of piperidine rings is 1. The Morgan fingerprint density at radius 2 is 2.08 bits per heavy atom. The first-order valence-electron chi connectivity index (χ1n) is 7.58. The molecule has 0 spiro atoms. The number of sulfonamides is 1. The number of ether oxygens (including phenoxy) is 1. The van der Waals surface area contributed by atoms with Gasteiger partial charge >= 0.3 is 0 Å². The average molecular weight is 412 g/mol. The number of hydrogen-bond acceptors (Lipinski definition) is 5. The van der Waals surface area contributed by atoms with Crippen LogP contribution in [0.15, 0.2) is 17.0 Å². The Morgan fingerprint density at radius 1 is 1.40 bits per heavy atom. The van der Waals surface area contributed by atoms with Crippen LogP contribution in [0.25, 0.3) is 0 Å². The summed E-state index contributed by atoms with van der Waals surface area (Å²) in [7, 11) is 0.598. The van der Waals surface area contributed by atoms with E-state index in [9.17, 15) is 13.2 Å². The van der Waals surface area contributed by atoms with Crippen LogP contribution in [-0.2, 0) is 10.0 Å². The highest BCUT2D eigenvalue weighted by molar-refractivity contribution is 7.89. The standard InChI is InChI=1S/C15H22ClN3O4S.ClH/c1-19(2)15(20)12-7-10(16)8-13(14(12)23-3)24(21,22)18-11-5-4-6-17-9-11;/h7-8,11,17-18H,4-6,9H2,1-3H3;1H/t11-;/m0./s1. The second kappa shape index (κ2) is 9.05. The minimum absolute atomic E-state index is 0. The molecule has 0 aromatic heterocycles. The van der Waals surface area contributed by atoms with E-state index >= 15 is 0 Å². The fraction of sp³-hybridized carbons (Fsp3) is 0.533. The molecular formula is C15H23Cl2N3O4S. The van der Waals surface area contributed by atoms with Crippen LogP contribution in [0.3, 0.4) is 0 Å². The van der Waals surface area contributed by atoms with Gasteiger partial charge in [0.25, 0.3) is 5.91 Å². The Hall–Kier alpha value is -1.06. The maximum atomic E-state index is 12.8. The molecule has 1 aliphatic heterocycles. The number of methoxy groups -OCH3 is 1. The zero-order chi connectivity index (χ0) is 17.9. The second-order valence-corrected chi connectivity index (χ2v) is 7.97. The molecule has 1 heterocycles. The van der Waals surface area contributed by atoms with Gasteiger partial charge in [-0.2, -0.15) is 0 Å². The smallest absolute Gasteiger partial charge is 0.257 e. The highest BCUT2D eigenvalue weighted by atomic mass is 35.5. The van der Waals surface area contributed by atoms with Crippen LogP contribution in [0.2, 0.25) is 5.02 Å². The molecule has 1 fully saturated rings. The lowest BCUT2D eigenvalue weighted by Gasteiger charge is -2.24. The van der Waals surface area contributed by atoms with Crippen LogP contribution >= 0.6 is 24.0 Å². The zero-order valence-corrected chi connectivity index (χ0v) is 16.7. The molecule has 1 aromatic carbocycles. The first-order valence-corrected chi connectivity index (χ1v) is 9.44. The summed E-state index contributed by atoms with van der Waals surface area (Å²) >= 11 is 6.05. The zero-order valence-electron chi connectivity index (χ0n) is 14.3. The van der Waals surface area contributed by atoms with Gasteiger partial charge < -0.3 is 15.0 Å². The van der Waals surface area contributed by atoms with Gasteiger partial charge in [0.15, 0.2) is 5.75 Å². The van der Waals surface area contributed by atoms with Gasteiger partial charge in [0.05, 0.1) is 12.7 Å². The quantitative estimate of drug-likeness (QED) is 0.766. The van der Waals surface area contributed by atoms with Crippen molar-refractivity contribution in [3.63, 3.8) is 0 Å². The normalized spacial score (nSPS) is 17.5. The van der Waals surface area contributed by atoms with E-state index in [0.29, 0.717) is 6.54 Å². The first kappa shape index (κ1) is 22.0. The van der Waals surface area contributed by atoms with Crippen molar-refractivity contribution in [2.75, 3.05) is 34.3 Å². The summed E-state index contributed by atoms with van der Waals surface area (Å²) < 4.78 is 33.4. The van der Waals surface area contributed by atoms with Crippen molar-refractivity contribution in [2.45, 2.75) is 23.8 Å². The van der Waals surface area contributed by atoms with Gasteiger partial charge in [0.2, 0.25) is 10.0 Å². The first-order chi connectivity index (χ1) is 11.3. The molecule has 25 heavy (non-hydrogen) atoms. The number of nitrogens with one attached hydrogen (secondary N) is 2. The van der Waals surface area contributed by atoms with E-state index in [0.717, 1.165) is 19.4 Å². The molecular weight excluding hydrogens is 389 g/mol. The number of benzene rings is 1. The van der Waals surface area contributed by atoms with Crippen molar-refractivity contribution < 1.29 is 17.9 Å². The third kappa shape index (κ3) is 5.21. The summed E-state index contributed by atoms with van der Waals surface area (Å²) in [6.07, 6.45) is 1.64. The topological polar surface area (TPSA) is 87.7 Å². The molecule has 0 aliphatic carbocycles. The van der Waals surface area contributed by atoms with E-state index < -0.39 is 10.0 Å². The van der Waals surface area contributed by atoms with Crippen LogP contribution in [0.1, 0.15) is 23.2 Å². The summed E-state index contributed by atoms with van der Waals surface area (Å²) in [4.78, 5) is 13.5. The SMILES string of the molecule is COc1c(C(=O)N(C)C)cc(Cl)cc1S(=O)(=O)N[C@H]1CCCNC1.Cl. The number of amides is 1. The summed E-state index contributed by atoms with van der Waals surface area (Å²) in [5, 5.41) is 3.30. The van der Waals surface area contributed by atoms with E-state index in [-0.39, 0.29) is 45.6 Å². The maximum Gasteiger partial charge on any atom is 0.257 e. The number of carbonyl (C=O) groups excluding carboxylic acids is 1. The second-order valence-electron chi connectivity index (χ2n) is 5.85. The Kier molecular flexibility index (Phi) is 7.95. The van der Waals surface area contributed by atoms with Crippen molar-refractivity contribution in [3.05, 3.63) is 22.7 Å². The van der Waals surface area contributed by atoms with Crippen molar-refractivity contribution in [3.8, 4) is 5.75 Å². The van der Waals surface area contributed by atoms with E-state index in [1.807, 2.05) is 0 Å². The van der Waals surface area contributed by atoms with Crippen molar-refractivity contribution in [1.29, 1.82) is 0 Å². The van der Waals surface area contributed by atoms with E-state index in [1.165, 1.54) is 24.1 Å². The Morgan fingerprint density at radius 3 is 2.60 bits per heavy atom. The molecule has 0 radical (unpaired) electrons. The molecule has 10 heteroatoms. The fourth-order valence-electron chi connectivity index (χ4n) is 2.61. The van der Waals surface area contributed by atoms with E-state index in [1.54, 1.807) is 14.1 Å². The summed E-state index contributed by atoms with van der Waals surface area (Å²) in [5.41, 5.74) is 0.108. The van der Waals surface area contributed by atoms with Crippen LogP contribution < -0.4 is 14.8 Å². The minimum Gasteiger partial charge on any atom is -0.494 e. The third-order valence-corrected chi connectivity index (χ3v) is 5.51. The van der Waals surface area contributed by atoms with Crippen LogP contribution in [-0.4, -0.2) is 59.6 Å². The molecule has 1 amide bonds. The molecule has 142 valence electrons. The number of hydrogen-bond donors (Lipinski definition) is 2. The highest BCUT2D eigenvalue weighted by Crippen LogP contribution is 2.32. The third-order valence-electron chi connectivity index (χ3n) is 3.77. The molecule has 2 rings (SSSR count).